The molecule has 1 rings (SSSR count). The predicted molar refractivity (Wildman–Crippen MR) is 46.0 cm³/mol. The van der Waals surface area contributed by atoms with Crippen LogP contribution in [0.2, 0.25) is 0 Å². The Balaban J connectivity index is 0.000000187. The molecule has 1 heterocycles. The lowest BCUT2D eigenvalue weighted by Crippen LogP contribution is -1.95. The molecule has 62 valence electrons. The molecule has 0 saturated heterocycles. The molecule has 0 aromatic carbocycles. The Morgan fingerprint density at radius 3 is 2.00 bits per heavy atom. The van der Waals surface area contributed by atoms with Crippen molar-refractivity contribution in [1.29, 1.82) is 0 Å². The van der Waals surface area contributed by atoms with Gasteiger partial charge in [0.15, 0.2) is 0 Å². The predicted octanol–water partition coefficient (Wildman–Crippen LogP) is 1.22. The molecule has 1 aromatic heterocycles. The van der Waals surface area contributed by atoms with Crippen LogP contribution >= 0.6 is 0 Å². The van der Waals surface area contributed by atoms with Gasteiger partial charge in [-0.1, -0.05) is 13.3 Å². The average Bonchev–Trinajstić information content (AvgIpc) is 2.10. The zero-order valence-electron chi connectivity index (χ0n) is 6.90. The number of hydrogen-bond donors (Lipinski definition) is 1. The van der Waals surface area contributed by atoms with Crippen molar-refractivity contribution in [3.63, 3.8) is 0 Å². The van der Waals surface area contributed by atoms with E-state index in [9.17, 15) is 0 Å². The maximum atomic E-state index is 5.14. The van der Waals surface area contributed by atoms with E-state index in [2.05, 4.69) is 16.9 Å². The van der Waals surface area contributed by atoms with E-state index >= 15 is 0 Å². The highest BCUT2D eigenvalue weighted by molar-refractivity contribution is 4.74. The lowest BCUT2D eigenvalue weighted by atomic mass is 10.3. The van der Waals surface area contributed by atoms with Gasteiger partial charge in [-0.25, -0.2) is 9.97 Å². The van der Waals surface area contributed by atoms with Gasteiger partial charge in [-0.2, -0.15) is 0 Å². The molecule has 0 unspecified atom stereocenters. The van der Waals surface area contributed by atoms with Crippen molar-refractivity contribution in [2.45, 2.75) is 19.8 Å². The summed E-state index contributed by atoms with van der Waals surface area (Å²) in [5.74, 6) is 0. The van der Waals surface area contributed by atoms with Gasteiger partial charge in [0.05, 0.1) is 0 Å². The Hall–Kier alpha value is -0.960. The molecule has 0 radical (unpaired) electrons. The number of unbranched alkanes of at least 4 members (excludes halogenated alkanes) is 1. The van der Waals surface area contributed by atoms with Crippen molar-refractivity contribution in [3.8, 4) is 0 Å². The van der Waals surface area contributed by atoms with Gasteiger partial charge in [-0.05, 0) is 19.0 Å². The molecule has 1 aromatic rings. The van der Waals surface area contributed by atoms with Crippen LogP contribution in [0.1, 0.15) is 19.8 Å². The topological polar surface area (TPSA) is 51.8 Å². The number of hydrogen-bond acceptors (Lipinski definition) is 3. The Labute approximate surface area is 67.7 Å². The van der Waals surface area contributed by atoms with E-state index in [0.717, 1.165) is 6.54 Å². The maximum Gasteiger partial charge on any atom is 0.115 e. The van der Waals surface area contributed by atoms with Gasteiger partial charge >= 0.3 is 0 Å². The molecule has 3 heteroatoms. The average molecular weight is 153 g/mol. The fourth-order valence-corrected chi connectivity index (χ4v) is 0.457. The Morgan fingerprint density at radius 2 is 1.91 bits per heavy atom. The van der Waals surface area contributed by atoms with E-state index in [4.69, 9.17) is 5.73 Å². The fraction of sp³-hybridized carbons (Fsp3) is 0.500. The number of aromatic nitrogens is 2. The minimum absolute atomic E-state index is 0.844. The molecular weight excluding hydrogens is 138 g/mol. The first kappa shape index (κ1) is 10.0. The van der Waals surface area contributed by atoms with Crippen LogP contribution in [0.25, 0.3) is 0 Å². The summed E-state index contributed by atoms with van der Waals surface area (Å²) in [6, 6.07) is 1.78. The molecule has 0 amide bonds. The fourth-order valence-electron chi connectivity index (χ4n) is 0.457. The third-order valence-corrected chi connectivity index (χ3v) is 1.04. The summed E-state index contributed by atoms with van der Waals surface area (Å²) in [4.78, 5) is 7.35. The van der Waals surface area contributed by atoms with E-state index in [1.54, 1.807) is 18.5 Å². The second-order valence-corrected chi connectivity index (χ2v) is 2.05. The van der Waals surface area contributed by atoms with E-state index < -0.39 is 0 Å². The molecule has 0 fully saturated rings. The summed E-state index contributed by atoms with van der Waals surface area (Å²) in [6.07, 6.45) is 7.26. The van der Waals surface area contributed by atoms with Crippen molar-refractivity contribution in [1.82, 2.24) is 9.97 Å². The minimum atomic E-state index is 0.844. The summed E-state index contributed by atoms with van der Waals surface area (Å²) in [5, 5.41) is 0. The van der Waals surface area contributed by atoms with Crippen LogP contribution < -0.4 is 5.73 Å². The summed E-state index contributed by atoms with van der Waals surface area (Å²) in [5.41, 5.74) is 5.14. The van der Waals surface area contributed by atoms with Crippen LogP contribution in [0.15, 0.2) is 24.8 Å². The first-order valence-corrected chi connectivity index (χ1v) is 3.81. The SMILES string of the molecule is CCCCN.c1cncnc1. The molecule has 0 atom stereocenters. The Bertz CT molecular complexity index is 113. The van der Waals surface area contributed by atoms with Gasteiger partial charge in [0.2, 0.25) is 0 Å². The van der Waals surface area contributed by atoms with Crippen molar-refractivity contribution in [2.75, 3.05) is 6.54 Å². The van der Waals surface area contributed by atoms with Gasteiger partial charge in [0.1, 0.15) is 6.33 Å². The second-order valence-electron chi connectivity index (χ2n) is 2.05. The normalized spacial score (nSPS) is 8.18. The highest BCUT2D eigenvalue weighted by atomic mass is 14.8. The number of nitrogens with zero attached hydrogens (tertiary/aromatic N) is 2. The number of rotatable bonds is 2. The molecule has 2 N–H and O–H groups in total. The third-order valence-electron chi connectivity index (χ3n) is 1.04. The summed E-state index contributed by atoms with van der Waals surface area (Å²) in [6.45, 7) is 2.98. The van der Waals surface area contributed by atoms with Gasteiger partial charge in [0, 0.05) is 12.4 Å². The molecule has 3 nitrogen and oxygen atoms in total. The molecule has 0 bridgehead atoms. The van der Waals surface area contributed by atoms with Crippen LogP contribution in [0.4, 0.5) is 0 Å². The third kappa shape index (κ3) is 9.04. The lowest BCUT2D eigenvalue weighted by Gasteiger charge is -1.80. The molecule has 11 heavy (non-hydrogen) atoms. The van der Waals surface area contributed by atoms with Gasteiger partial charge in [0.25, 0.3) is 0 Å². The first-order valence-electron chi connectivity index (χ1n) is 3.81. The highest BCUT2D eigenvalue weighted by Gasteiger charge is 1.68. The van der Waals surface area contributed by atoms with E-state index in [1.165, 1.54) is 19.2 Å². The van der Waals surface area contributed by atoms with E-state index in [0.29, 0.717) is 0 Å². The number of nitrogens with two attached hydrogens (primary N) is 1. The smallest absolute Gasteiger partial charge is 0.115 e. The zero-order valence-corrected chi connectivity index (χ0v) is 6.90. The first-order chi connectivity index (χ1) is 5.41. The van der Waals surface area contributed by atoms with E-state index in [-0.39, 0.29) is 0 Å². The Kier molecular flexibility index (Phi) is 8.25. The minimum Gasteiger partial charge on any atom is -0.330 e. The monoisotopic (exact) mass is 153 g/mol. The van der Waals surface area contributed by atoms with E-state index in [1.807, 2.05) is 0 Å². The van der Waals surface area contributed by atoms with Crippen molar-refractivity contribution >= 4 is 0 Å². The highest BCUT2D eigenvalue weighted by Crippen LogP contribution is 1.77. The lowest BCUT2D eigenvalue weighted by molar-refractivity contribution is 0.807. The summed E-state index contributed by atoms with van der Waals surface area (Å²) < 4.78 is 0. The standard InChI is InChI=1S/C4H4N2.C4H11N/c1-2-5-4-6-3-1;1-2-3-4-5/h1-4H;2-5H2,1H3. The second kappa shape index (κ2) is 9.04. The largest absolute Gasteiger partial charge is 0.330 e. The van der Waals surface area contributed by atoms with Crippen LogP contribution in [-0.2, 0) is 0 Å². The molecule has 0 aliphatic heterocycles. The van der Waals surface area contributed by atoms with Gasteiger partial charge < -0.3 is 5.73 Å². The molecule has 0 aliphatic carbocycles. The van der Waals surface area contributed by atoms with Crippen LogP contribution in [0, 0.1) is 0 Å². The molecule has 0 spiro atoms. The van der Waals surface area contributed by atoms with Crippen molar-refractivity contribution < 1.29 is 0 Å². The zero-order chi connectivity index (χ0) is 8.36. The van der Waals surface area contributed by atoms with Crippen molar-refractivity contribution in [2.24, 2.45) is 5.73 Å². The van der Waals surface area contributed by atoms with Gasteiger partial charge in [-0.15, -0.1) is 0 Å². The van der Waals surface area contributed by atoms with Crippen LogP contribution in [0.5, 0.6) is 0 Å². The molecule has 0 saturated carbocycles. The summed E-state index contributed by atoms with van der Waals surface area (Å²) in [7, 11) is 0. The van der Waals surface area contributed by atoms with Crippen LogP contribution in [0.3, 0.4) is 0 Å². The van der Waals surface area contributed by atoms with Crippen LogP contribution in [-0.4, -0.2) is 16.5 Å². The quantitative estimate of drug-likeness (QED) is 0.695. The molecular formula is C8H15N3. The van der Waals surface area contributed by atoms with Crippen molar-refractivity contribution in [3.05, 3.63) is 24.8 Å². The summed E-state index contributed by atoms with van der Waals surface area (Å²) >= 11 is 0. The van der Waals surface area contributed by atoms with Gasteiger partial charge in [-0.3, -0.25) is 0 Å². The Morgan fingerprint density at radius 1 is 1.27 bits per heavy atom. The maximum absolute atomic E-state index is 5.14. The molecule has 0 aliphatic rings.